The average molecular weight is 525 g/mol. The molecule has 6 nitrogen and oxygen atoms in total. The van der Waals surface area contributed by atoms with Crippen LogP contribution >= 0.6 is 0 Å². The van der Waals surface area contributed by atoms with E-state index >= 15 is 0 Å². The van der Waals surface area contributed by atoms with E-state index in [0.717, 1.165) is 48.4 Å². The Labute approximate surface area is 232 Å². The molecular weight excluding hydrogens is 484 g/mol. The molecule has 2 atom stereocenters. The van der Waals surface area contributed by atoms with Gasteiger partial charge in [-0.2, -0.15) is 0 Å². The smallest absolute Gasteiger partial charge is 0.0917 e. The van der Waals surface area contributed by atoms with E-state index in [4.69, 9.17) is 11.5 Å². The monoisotopic (exact) mass is 524 g/mol. The molecule has 4 aromatic rings. The minimum atomic E-state index is -0.615. The molecule has 0 unspecified atom stereocenters. The van der Waals surface area contributed by atoms with Gasteiger partial charge in [-0.25, -0.2) is 0 Å². The molecule has 0 aliphatic rings. The summed E-state index contributed by atoms with van der Waals surface area (Å²) in [5.41, 5.74) is 17.4. The fourth-order valence-electron chi connectivity index (χ4n) is 4.72. The van der Waals surface area contributed by atoms with Gasteiger partial charge >= 0.3 is 0 Å². The van der Waals surface area contributed by atoms with Crippen molar-refractivity contribution in [1.29, 1.82) is 0 Å². The Morgan fingerprint density at radius 1 is 0.513 bits per heavy atom. The number of nitrogen functional groups attached to an aromatic ring is 2. The summed E-state index contributed by atoms with van der Waals surface area (Å²) in [5, 5.41) is 22.2. The zero-order valence-electron chi connectivity index (χ0n) is 22.4. The second-order valence-electron chi connectivity index (χ2n) is 10.1. The lowest BCUT2D eigenvalue weighted by Crippen LogP contribution is -2.43. The van der Waals surface area contributed by atoms with Crippen molar-refractivity contribution in [3.63, 3.8) is 0 Å². The Bertz CT molecular complexity index is 1140. The van der Waals surface area contributed by atoms with Crippen LogP contribution in [-0.2, 0) is 12.8 Å². The number of hydrogen-bond donors (Lipinski definition) is 4. The van der Waals surface area contributed by atoms with E-state index in [9.17, 15) is 10.2 Å². The Balaban J connectivity index is 1.50. The highest BCUT2D eigenvalue weighted by atomic mass is 16.3. The molecule has 0 aliphatic carbocycles. The molecule has 0 radical (unpaired) electrons. The molecule has 204 valence electrons. The van der Waals surface area contributed by atoms with Gasteiger partial charge in [0.15, 0.2) is 0 Å². The third-order valence-corrected chi connectivity index (χ3v) is 7.02. The van der Waals surface area contributed by atoms with Crippen molar-refractivity contribution < 1.29 is 10.2 Å². The molecule has 0 saturated carbocycles. The zero-order valence-corrected chi connectivity index (χ0v) is 22.4. The maximum absolute atomic E-state index is 11.1. The Hall–Kier alpha value is -3.68. The molecule has 39 heavy (non-hydrogen) atoms. The quantitative estimate of drug-likeness (QED) is 0.141. The lowest BCUT2D eigenvalue weighted by atomic mass is 10.1. The second-order valence-corrected chi connectivity index (χ2v) is 10.1. The largest absolute Gasteiger partial charge is 0.399 e. The van der Waals surface area contributed by atoms with Crippen LogP contribution in [0.2, 0.25) is 0 Å². The molecule has 0 bridgehead atoms. The summed E-state index contributed by atoms with van der Waals surface area (Å²) in [4.78, 5) is 4.55. The fourth-order valence-corrected chi connectivity index (χ4v) is 4.72. The highest BCUT2D eigenvalue weighted by Crippen LogP contribution is 2.18. The van der Waals surface area contributed by atoms with Gasteiger partial charge in [0.1, 0.15) is 0 Å². The number of nitrogens with zero attached hydrogens (tertiary/aromatic N) is 2. The summed E-state index contributed by atoms with van der Waals surface area (Å²) < 4.78 is 0. The minimum Gasteiger partial charge on any atom is -0.399 e. The van der Waals surface area contributed by atoms with Gasteiger partial charge in [-0.3, -0.25) is 9.80 Å². The number of anilines is 2. The van der Waals surface area contributed by atoms with Crippen molar-refractivity contribution in [2.75, 3.05) is 44.3 Å². The van der Waals surface area contributed by atoms with Gasteiger partial charge in [-0.15, -0.1) is 0 Å². The lowest BCUT2D eigenvalue weighted by molar-refractivity contribution is 0.0437. The van der Waals surface area contributed by atoms with Gasteiger partial charge in [-0.05, 0) is 59.4 Å². The van der Waals surface area contributed by atoms with E-state index in [1.165, 1.54) is 11.1 Å². The van der Waals surface area contributed by atoms with Crippen molar-refractivity contribution in [3.05, 3.63) is 131 Å². The summed E-state index contributed by atoms with van der Waals surface area (Å²) in [6.45, 7) is 3.09. The van der Waals surface area contributed by atoms with Crippen molar-refractivity contribution in [2.24, 2.45) is 0 Å². The van der Waals surface area contributed by atoms with Crippen molar-refractivity contribution in [1.82, 2.24) is 9.80 Å². The molecule has 4 aromatic carbocycles. The third kappa shape index (κ3) is 9.23. The van der Waals surface area contributed by atoms with Gasteiger partial charge in [0.05, 0.1) is 18.9 Å². The van der Waals surface area contributed by atoms with Gasteiger partial charge in [0, 0.05) is 37.6 Å². The van der Waals surface area contributed by atoms with Crippen LogP contribution in [0.3, 0.4) is 0 Å². The third-order valence-electron chi connectivity index (χ3n) is 7.02. The van der Waals surface area contributed by atoms with Crippen LogP contribution in [0.1, 0.15) is 34.5 Å². The van der Waals surface area contributed by atoms with Crippen LogP contribution in [0, 0.1) is 0 Å². The number of aliphatic hydroxyl groups is 2. The standard InChI is InChI=1S/C33H40N4O2/c34-30-15-11-26(12-16-30)19-21-36(23-32(38)28-7-3-1-4-8-28)25-37(22-20-27-13-17-31(35)18-14-27)24-33(39)29-9-5-2-6-10-29/h1-18,32-33,38-39H,19-25,34-35H2/t32-,33-/m0/s1. The molecule has 0 heterocycles. The maximum atomic E-state index is 11.1. The predicted molar refractivity (Wildman–Crippen MR) is 160 cm³/mol. The Morgan fingerprint density at radius 3 is 1.23 bits per heavy atom. The average Bonchev–Trinajstić information content (AvgIpc) is 2.97. The minimum absolute atomic E-state index is 0.485. The van der Waals surface area contributed by atoms with E-state index in [2.05, 4.69) is 34.1 Å². The van der Waals surface area contributed by atoms with E-state index in [1.807, 2.05) is 84.9 Å². The van der Waals surface area contributed by atoms with Crippen LogP contribution < -0.4 is 11.5 Å². The molecule has 0 saturated heterocycles. The van der Waals surface area contributed by atoms with E-state index in [1.54, 1.807) is 0 Å². The number of rotatable bonds is 14. The van der Waals surface area contributed by atoms with Gasteiger partial charge in [-0.1, -0.05) is 84.9 Å². The number of hydrogen-bond acceptors (Lipinski definition) is 6. The summed E-state index contributed by atoms with van der Waals surface area (Å²) in [6.07, 6.45) is 0.426. The zero-order chi connectivity index (χ0) is 27.5. The predicted octanol–water partition coefficient (Wildman–Crippen LogP) is 4.66. The number of benzene rings is 4. The van der Waals surface area contributed by atoms with E-state index in [-0.39, 0.29) is 0 Å². The molecule has 0 fully saturated rings. The Kier molecular flexibility index (Phi) is 10.5. The normalized spacial score (nSPS) is 13.0. The lowest BCUT2D eigenvalue weighted by Gasteiger charge is -2.33. The molecular formula is C33H40N4O2. The van der Waals surface area contributed by atoms with Gasteiger partial charge < -0.3 is 21.7 Å². The first-order valence-corrected chi connectivity index (χ1v) is 13.6. The van der Waals surface area contributed by atoms with Crippen molar-refractivity contribution in [3.8, 4) is 0 Å². The summed E-state index contributed by atoms with van der Waals surface area (Å²) in [7, 11) is 0. The van der Waals surface area contributed by atoms with E-state index in [0.29, 0.717) is 19.8 Å². The molecule has 0 aliphatic heterocycles. The van der Waals surface area contributed by atoms with Crippen molar-refractivity contribution in [2.45, 2.75) is 25.0 Å². The highest BCUT2D eigenvalue weighted by Gasteiger charge is 2.20. The molecule has 4 rings (SSSR count). The van der Waals surface area contributed by atoms with Crippen LogP contribution in [0.15, 0.2) is 109 Å². The van der Waals surface area contributed by atoms with Gasteiger partial charge in [0.25, 0.3) is 0 Å². The van der Waals surface area contributed by atoms with Crippen molar-refractivity contribution >= 4 is 11.4 Å². The first-order valence-electron chi connectivity index (χ1n) is 13.6. The molecule has 0 amide bonds. The van der Waals surface area contributed by atoms with Crippen LogP contribution in [-0.4, -0.2) is 52.9 Å². The maximum Gasteiger partial charge on any atom is 0.0917 e. The number of nitrogens with two attached hydrogens (primary N) is 2. The summed E-state index contributed by atoms with van der Waals surface area (Å²) >= 11 is 0. The summed E-state index contributed by atoms with van der Waals surface area (Å²) in [6, 6.07) is 35.5. The van der Waals surface area contributed by atoms with Crippen LogP contribution in [0.4, 0.5) is 11.4 Å². The molecule has 6 N–H and O–H groups in total. The second kappa shape index (κ2) is 14.5. The first-order chi connectivity index (χ1) is 19.0. The fraction of sp³-hybridized carbons (Fsp3) is 0.273. The van der Waals surface area contributed by atoms with E-state index < -0.39 is 12.2 Å². The van der Waals surface area contributed by atoms with Crippen LogP contribution in [0.5, 0.6) is 0 Å². The van der Waals surface area contributed by atoms with Gasteiger partial charge in [0.2, 0.25) is 0 Å². The highest BCUT2D eigenvalue weighted by molar-refractivity contribution is 5.40. The SMILES string of the molecule is Nc1ccc(CCN(C[C@H](O)c2ccccc2)CN(CCc2ccc(N)cc2)C[C@H](O)c2ccccc2)cc1. The molecule has 0 aromatic heterocycles. The molecule has 0 spiro atoms. The van der Waals surface area contributed by atoms with Crippen LogP contribution in [0.25, 0.3) is 0 Å². The number of aliphatic hydroxyl groups excluding tert-OH is 2. The first kappa shape index (κ1) is 28.3. The topological polar surface area (TPSA) is 99.0 Å². The summed E-state index contributed by atoms with van der Waals surface area (Å²) in [5.74, 6) is 0. The Morgan fingerprint density at radius 2 is 0.872 bits per heavy atom. The molecule has 6 heteroatoms.